The number of hydrogen-bond donors (Lipinski definition) is 1. The molecule has 1 rings (SSSR count). The highest BCUT2D eigenvalue weighted by molar-refractivity contribution is 5.85. The first-order valence-corrected chi connectivity index (χ1v) is 4.69. The smallest absolute Gasteiger partial charge is 0.339 e. The van der Waals surface area contributed by atoms with Gasteiger partial charge in [-0.05, 0) is 0 Å². The molecular weight excluding hydrogens is 282 g/mol. The van der Waals surface area contributed by atoms with Crippen LogP contribution in [0, 0.1) is 0 Å². The van der Waals surface area contributed by atoms with Gasteiger partial charge in [0.05, 0.1) is 13.1 Å². The van der Waals surface area contributed by atoms with Gasteiger partial charge in [-0.1, -0.05) is 0 Å². The molecule has 4 nitrogen and oxygen atoms in total. The number of carbonyl (C=O) groups is 1. The molecule has 1 aliphatic heterocycles. The van der Waals surface area contributed by atoms with Crippen LogP contribution in [0.25, 0.3) is 0 Å². The molecule has 1 heterocycles. The second-order valence-corrected chi connectivity index (χ2v) is 3.48. The number of nitrogens with two attached hydrogens (primary N) is 1. The molecular formula is C8H16Cl2F3N3O. The lowest BCUT2D eigenvalue weighted by molar-refractivity contribution is -0.151. The number of rotatable bonds is 2. The third-order valence-electron chi connectivity index (χ3n) is 2.30. The first kappa shape index (κ1) is 19.1. The zero-order chi connectivity index (χ0) is 11.5. The van der Waals surface area contributed by atoms with Gasteiger partial charge in [-0.15, -0.1) is 24.8 Å². The molecule has 1 saturated heterocycles. The highest BCUT2D eigenvalue weighted by Gasteiger charge is 2.32. The van der Waals surface area contributed by atoms with Crippen LogP contribution in [0.1, 0.15) is 0 Å². The minimum absolute atomic E-state index is 0. The van der Waals surface area contributed by atoms with Gasteiger partial charge in [-0.2, -0.15) is 13.2 Å². The molecule has 1 fully saturated rings. The Balaban J connectivity index is 0. The van der Waals surface area contributed by atoms with Crippen molar-refractivity contribution in [3.63, 3.8) is 0 Å². The summed E-state index contributed by atoms with van der Waals surface area (Å²) in [6.45, 7) is 0.172. The molecule has 1 aliphatic rings. The summed E-state index contributed by atoms with van der Waals surface area (Å²) < 4.78 is 36.1. The first-order valence-electron chi connectivity index (χ1n) is 4.69. The van der Waals surface area contributed by atoms with Gasteiger partial charge in [0, 0.05) is 26.2 Å². The lowest BCUT2D eigenvalue weighted by Crippen LogP contribution is -2.52. The molecule has 0 bridgehead atoms. The van der Waals surface area contributed by atoms with Crippen LogP contribution in [0.15, 0.2) is 0 Å². The van der Waals surface area contributed by atoms with E-state index in [0.29, 0.717) is 13.1 Å². The van der Waals surface area contributed by atoms with Crippen molar-refractivity contribution in [1.82, 2.24) is 9.80 Å². The number of alkyl halides is 3. The van der Waals surface area contributed by atoms with Crippen molar-refractivity contribution >= 4 is 30.7 Å². The van der Waals surface area contributed by atoms with Gasteiger partial charge in [-0.25, -0.2) is 0 Å². The average Bonchev–Trinajstić information content (AvgIpc) is 2.15. The molecule has 104 valence electrons. The van der Waals surface area contributed by atoms with Gasteiger partial charge >= 0.3 is 6.18 Å². The Labute approximate surface area is 110 Å². The largest absolute Gasteiger partial charge is 0.401 e. The van der Waals surface area contributed by atoms with Crippen LogP contribution in [-0.4, -0.2) is 61.2 Å². The molecule has 1 amide bonds. The van der Waals surface area contributed by atoms with Gasteiger partial charge in [0.2, 0.25) is 5.91 Å². The summed E-state index contributed by atoms with van der Waals surface area (Å²) in [4.78, 5) is 13.9. The summed E-state index contributed by atoms with van der Waals surface area (Å²) >= 11 is 0. The van der Waals surface area contributed by atoms with E-state index in [1.54, 1.807) is 0 Å². The second kappa shape index (κ2) is 7.97. The first-order chi connectivity index (χ1) is 6.92. The lowest BCUT2D eigenvalue weighted by Gasteiger charge is -2.34. The topological polar surface area (TPSA) is 49.6 Å². The zero-order valence-corrected chi connectivity index (χ0v) is 10.7. The van der Waals surface area contributed by atoms with Crippen LogP contribution >= 0.6 is 24.8 Å². The summed E-state index contributed by atoms with van der Waals surface area (Å²) in [7, 11) is 0. The van der Waals surface area contributed by atoms with Crippen molar-refractivity contribution < 1.29 is 18.0 Å². The van der Waals surface area contributed by atoms with Crippen molar-refractivity contribution in [3.05, 3.63) is 0 Å². The quantitative estimate of drug-likeness (QED) is 0.807. The zero-order valence-electron chi connectivity index (χ0n) is 9.07. The van der Waals surface area contributed by atoms with Gasteiger partial charge in [-0.3, -0.25) is 9.69 Å². The monoisotopic (exact) mass is 297 g/mol. The highest BCUT2D eigenvalue weighted by Crippen LogP contribution is 2.17. The predicted molar refractivity (Wildman–Crippen MR) is 62.6 cm³/mol. The van der Waals surface area contributed by atoms with E-state index >= 15 is 0 Å². The van der Waals surface area contributed by atoms with E-state index in [2.05, 4.69) is 0 Å². The molecule has 0 spiro atoms. The number of nitrogens with zero attached hydrogens (tertiary/aromatic N) is 2. The molecule has 9 heteroatoms. The number of halogens is 5. The van der Waals surface area contributed by atoms with Crippen LogP contribution in [0.2, 0.25) is 0 Å². The van der Waals surface area contributed by atoms with E-state index in [9.17, 15) is 18.0 Å². The van der Waals surface area contributed by atoms with Crippen LogP contribution in [-0.2, 0) is 4.79 Å². The van der Waals surface area contributed by atoms with Crippen molar-refractivity contribution in [2.75, 3.05) is 39.3 Å². The number of carbonyl (C=O) groups excluding carboxylic acids is 1. The van der Waals surface area contributed by atoms with Gasteiger partial charge < -0.3 is 10.6 Å². The fourth-order valence-electron chi connectivity index (χ4n) is 1.54. The van der Waals surface area contributed by atoms with Gasteiger partial charge in [0.1, 0.15) is 0 Å². The Morgan fingerprint density at radius 2 is 1.59 bits per heavy atom. The summed E-state index contributed by atoms with van der Waals surface area (Å²) in [5.74, 6) is -0.207. The molecule has 0 atom stereocenters. The van der Waals surface area contributed by atoms with Crippen molar-refractivity contribution in [1.29, 1.82) is 0 Å². The average molecular weight is 298 g/mol. The third-order valence-corrected chi connectivity index (χ3v) is 2.30. The molecule has 17 heavy (non-hydrogen) atoms. The summed E-state index contributed by atoms with van der Waals surface area (Å²) in [5, 5.41) is 0. The molecule has 0 aliphatic carbocycles. The molecule has 0 unspecified atom stereocenters. The Morgan fingerprint density at radius 3 is 1.94 bits per heavy atom. The minimum Gasteiger partial charge on any atom is -0.339 e. The summed E-state index contributed by atoms with van der Waals surface area (Å²) in [6, 6.07) is 0. The molecule has 0 aromatic carbocycles. The van der Waals surface area contributed by atoms with Crippen LogP contribution in [0.5, 0.6) is 0 Å². The van der Waals surface area contributed by atoms with Crippen LogP contribution in [0.3, 0.4) is 0 Å². The second-order valence-electron chi connectivity index (χ2n) is 3.48. The predicted octanol–water partition coefficient (Wildman–Crippen LogP) is 0.495. The van der Waals surface area contributed by atoms with Crippen molar-refractivity contribution in [3.8, 4) is 0 Å². The maximum absolute atomic E-state index is 12.0. The molecule has 2 N–H and O–H groups in total. The van der Waals surface area contributed by atoms with E-state index < -0.39 is 12.7 Å². The van der Waals surface area contributed by atoms with Gasteiger partial charge in [0.25, 0.3) is 0 Å². The number of amides is 1. The van der Waals surface area contributed by atoms with Crippen molar-refractivity contribution in [2.24, 2.45) is 5.73 Å². The lowest BCUT2D eigenvalue weighted by atomic mass is 10.3. The highest BCUT2D eigenvalue weighted by atomic mass is 35.5. The Kier molecular flexibility index (Phi) is 8.95. The van der Waals surface area contributed by atoms with Crippen LogP contribution < -0.4 is 5.73 Å². The van der Waals surface area contributed by atoms with Gasteiger partial charge in [0.15, 0.2) is 0 Å². The number of piperazine rings is 1. The van der Waals surface area contributed by atoms with E-state index in [4.69, 9.17) is 5.73 Å². The molecule has 0 radical (unpaired) electrons. The fraction of sp³-hybridized carbons (Fsp3) is 0.875. The summed E-state index contributed by atoms with van der Waals surface area (Å²) in [6.07, 6.45) is -4.17. The van der Waals surface area contributed by atoms with Crippen molar-refractivity contribution in [2.45, 2.75) is 6.18 Å². The molecule has 0 aromatic rings. The Hall–Kier alpha value is -0.240. The maximum Gasteiger partial charge on any atom is 0.401 e. The van der Waals surface area contributed by atoms with Crippen LogP contribution in [0.4, 0.5) is 13.2 Å². The van der Waals surface area contributed by atoms with E-state index in [1.807, 2.05) is 0 Å². The molecule has 0 aromatic heterocycles. The third kappa shape index (κ3) is 6.92. The Morgan fingerprint density at radius 1 is 1.12 bits per heavy atom. The maximum atomic E-state index is 12.0. The van der Waals surface area contributed by atoms with E-state index in [0.717, 1.165) is 0 Å². The van der Waals surface area contributed by atoms with E-state index in [1.165, 1.54) is 9.80 Å². The fourth-order valence-corrected chi connectivity index (χ4v) is 1.54. The SMILES string of the molecule is Cl.Cl.NCC(=O)N1CCN(CC(F)(F)F)CC1. The minimum atomic E-state index is -4.17. The number of hydrogen-bond acceptors (Lipinski definition) is 3. The molecule has 0 saturated carbocycles. The van der Waals surface area contributed by atoms with E-state index in [-0.39, 0.29) is 50.4 Å². The normalized spacial score (nSPS) is 17.1. The standard InChI is InChI=1S/C8H14F3N3O.2ClH/c9-8(10,11)6-13-1-3-14(4-2-13)7(15)5-12;;/h1-6,12H2;2*1H. The summed E-state index contributed by atoms with van der Waals surface area (Å²) in [5.41, 5.74) is 5.15. The Bertz CT molecular complexity index is 233.